The van der Waals surface area contributed by atoms with Crippen molar-refractivity contribution in [1.29, 1.82) is 0 Å². The van der Waals surface area contributed by atoms with Gasteiger partial charge < -0.3 is 10.2 Å². The van der Waals surface area contributed by atoms with Crippen LogP contribution in [0.15, 0.2) is 53.8 Å². The second-order valence-corrected chi connectivity index (χ2v) is 6.83. The van der Waals surface area contributed by atoms with Crippen molar-refractivity contribution in [3.63, 3.8) is 0 Å². The monoisotopic (exact) mass is 467 g/mol. The van der Waals surface area contributed by atoms with Gasteiger partial charge in [-0.25, -0.2) is 0 Å². The molecule has 0 spiro atoms. The fourth-order valence-electron chi connectivity index (χ4n) is 3.74. The highest BCUT2D eigenvalue weighted by molar-refractivity contribution is 14.0. The zero-order valence-corrected chi connectivity index (χ0v) is 18.0. The molecule has 2 heterocycles. The molecule has 0 radical (unpaired) electrons. The molecule has 5 nitrogen and oxygen atoms in total. The molecule has 26 heavy (non-hydrogen) atoms. The second-order valence-electron chi connectivity index (χ2n) is 6.83. The van der Waals surface area contributed by atoms with Gasteiger partial charge in [0.05, 0.1) is 0 Å². The highest BCUT2D eigenvalue weighted by Crippen LogP contribution is 2.32. The number of nitrogens with zero attached hydrogens (tertiary/aromatic N) is 4. The predicted octanol–water partition coefficient (Wildman–Crippen LogP) is 3.59. The largest absolute Gasteiger partial charge is 0.356 e. The molecule has 1 aromatic carbocycles. The van der Waals surface area contributed by atoms with E-state index in [2.05, 4.69) is 57.6 Å². The van der Waals surface area contributed by atoms with Crippen molar-refractivity contribution in [2.45, 2.75) is 32.2 Å². The summed E-state index contributed by atoms with van der Waals surface area (Å²) in [7, 11) is 1.88. The number of guanidine groups is 1. The van der Waals surface area contributed by atoms with Crippen LogP contribution in [0.4, 0.5) is 0 Å². The summed E-state index contributed by atoms with van der Waals surface area (Å²) < 4.78 is 1.97. The second kappa shape index (κ2) is 10.5. The average molecular weight is 467 g/mol. The molecule has 0 bridgehead atoms. The number of aromatic nitrogens is 2. The third kappa shape index (κ3) is 5.46. The zero-order valence-electron chi connectivity index (χ0n) is 15.7. The van der Waals surface area contributed by atoms with E-state index in [-0.39, 0.29) is 24.0 Å². The summed E-state index contributed by atoms with van der Waals surface area (Å²) in [6.07, 6.45) is 6.05. The third-order valence-electron chi connectivity index (χ3n) is 5.05. The van der Waals surface area contributed by atoms with Crippen molar-refractivity contribution in [3.05, 3.63) is 54.4 Å². The van der Waals surface area contributed by atoms with E-state index in [0.29, 0.717) is 11.8 Å². The molecule has 0 saturated carbocycles. The Morgan fingerprint density at radius 2 is 2.08 bits per heavy atom. The molecule has 0 amide bonds. The summed E-state index contributed by atoms with van der Waals surface area (Å²) in [5, 5.41) is 7.75. The van der Waals surface area contributed by atoms with E-state index in [4.69, 9.17) is 0 Å². The van der Waals surface area contributed by atoms with Gasteiger partial charge in [-0.05, 0) is 36.3 Å². The highest BCUT2D eigenvalue weighted by atomic mass is 127. The molecule has 1 aliphatic heterocycles. The molecule has 1 aromatic heterocycles. The normalized spacial score (nSPS) is 20.5. The van der Waals surface area contributed by atoms with Gasteiger partial charge in [0.2, 0.25) is 0 Å². The van der Waals surface area contributed by atoms with Crippen LogP contribution >= 0.6 is 24.0 Å². The SMILES string of the molecule is CN=C(NCCCn1cccn1)N1CCC(c2ccccc2)C(C)C1.I. The van der Waals surface area contributed by atoms with Crippen molar-refractivity contribution in [2.75, 3.05) is 26.7 Å². The fourth-order valence-corrected chi connectivity index (χ4v) is 3.74. The van der Waals surface area contributed by atoms with Crippen LogP contribution in [-0.2, 0) is 6.54 Å². The molecular weight excluding hydrogens is 437 g/mol. The first-order chi connectivity index (χ1) is 12.3. The van der Waals surface area contributed by atoms with Crippen LogP contribution < -0.4 is 5.32 Å². The Balaban J connectivity index is 0.00000243. The lowest BCUT2D eigenvalue weighted by atomic mass is 9.82. The minimum absolute atomic E-state index is 0. The molecule has 1 aliphatic rings. The molecular formula is C20H30IN5. The summed E-state index contributed by atoms with van der Waals surface area (Å²) in [4.78, 5) is 6.89. The maximum absolute atomic E-state index is 4.49. The van der Waals surface area contributed by atoms with Gasteiger partial charge in [0.1, 0.15) is 0 Å². The number of likely N-dealkylation sites (tertiary alicyclic amines) is 1. The van der Waals surface area contributed by atoms with Crippen molar-refractivity contribution in [1.82, 2.24) is 20.0 Å². The lowest BCUT2D eigenvalue weighted by Crippen LogP contribution is -2.48. The van der Waals surface area contributed by atoms with E-state index in [9.17, 15) is 0 Å². The number of hydrogen-bond donors (Lipinski definition) is 1. The molecule has 1 saturated heterocycles. The summed E-state index contributed by atoms with van der Waals surface area (Å²) in [6, 6.07) is 12.9. The average Bonchev–Trinajstić information content (AvgIpc) is 3.16. The quantitative estimate of drug-likeness (QED) is 0.317. The first-order valence-corrected chi connectivity index (χ1v) is 9.26. The van der Waals surface area contributed by atoms with Crippen LogP contribution in [0.1, 0.15) is 31.2 Å². The number of rotatable bonds is 5. The number of aryl methyl sites for hydroxylation is 1. The molecule has 1 fully saturated rings. The highest BCUT2D eigenvalue weighted by Gasteiger charge is 2.28. The third-order valence-corrected chi connectivity index (χ3v) is 5.05. The summed E-state index contributed by atoms with van der Waals surface area (Å²) in [5.74, 6) is 2.30. The molecule has 3 rings (SSSR count). The van der Waals surface area contributed by atoms with Gasteiger partial charge in [0.15, 0.2) is 5.96 Å². The first kappa shape index (κ1) is 20.7. The summed E-state index contributed by atoms with van der Waals surface area (Å²) >= 11 is 0. The maximum Gasteiger partial charge on any atom is 0.193 e. The smallest absolute Gasteiger partial charge is 0.193 e. The number of halogens is 1. The van der Waals surface area contributed by atoms with Crippen molar-refractivity contribution >= 4 is 29.9 Å². The minimum Gasteiger partial charge on any atom is -0.356 e. The number of benzene rings is 1. The van der Waals surface area contributed by atoms with Gasteiger partial charge in [0.25, 0.3) is 0 Å². The van der Waals surface area contributed by atoms with Crippen molar-refractivity contribution in [3.8, 4) is 0 Å². The maximum atomic E-state index is 4.49. The molecule has 6 heteroatoms. The Kier molecular flexibility index (Phi) is 8.41. The van der Waals surface area contributed by atoms with Gasteiger partial charge in [-0.1, -0.05) is 37.3 Å². The van der Waals surface area contributed by atoms with Crippen LogP contribution in [0.25, 0.3) is 0 Å². The van der Waals surface area contributed by atoms with Crippen LogP contribution in [0.5, 0.6) is 0 Å². The molecule has 142 valence electrons. The van der Waals surface area contributed by atoms with E-state index in [0.717, 1.165) is 38.6 Å². The molecule has 0 aliphatic carbocycles. The minimum atomic E-state index is 0. The lowest BCUT2D eigenvalue weighted by molar-refractivity contribution is 0.234. The van der Waals surface area contributed by atoms with Gasteiger partial charge in [-0.3, -0.25) is 9.67 Å². The summed E-state index contributed by atoms with van der Waals surface area (Å²) in [6.45, 7) is 6.32. The van der Waals surface area contributed by atoms with Gasteiger partial charge in [0, 0.05) is 45.6 Å². The Morgan fingerprint density at radius 1 is 1.27 bits per heavy atom. The van der Waals surface area contributed by atoms with Crippen molar-refractivity contribution < 1.29 is 0 Å². The van der Waals surface area contributed by atoms with Crippen LogP contribution in [0, 0.1) is 5.92 Å². The Morgan fingerprint density at radius 3 is 2.73 bits per heavy atom. The van der Waals surface area contributed by atoms with Crippen molar-refractivity contribution in [2.24, 2.45) is 10.9 Å². The van der Waals surface area contributed by atoms with Crippen LogP contribution in [0.2, 0.25) is 0 Å². The lowest BCUT2D eigenvalue weighted by Gasteiger charge is -2.39. The molecule has 2 unspecified atom stereocenters. The first-order valence-electron chi connectivity index (χ1n) is 9.26. The number of hydrogen-bond acceptors (Lipinski definition) is 2. The van der Waals surface area contributed by atoms with Gasteiger partial charge in [-0.15, -0.1) is 24.0 Å². The standard InChI is InChI=1S/C20H29N5.HI/c1-17-16-24(15-10-19(17)18-8-4-3-5-9-18)20(21-2)22-11-6-13-25-14-7-12-23-25;/h3-5,7-9,12,14,17,19H,6,10-11,13,15-16H2,1-2H3,(H,21,22);1H. The van der Waals surface area contributed by atoms with Crippen LogP contribution in [0.3, 0.4) is 0 Å². The summed E-state index contributed by atoms with van der Waals surface area (Å²) in [5.41, 5.74) is 1.47. The van der Waals surface area contributed by atoms with E-state index in [1.54, 1.807) is 0 Å². The van der Waals surface area contributed by atoms with Gasteiger partial charge in [-0.2, -0.15) is 5.10 Å². The molecule has 2 atom stereocenters. The van der Waals surface area contributed by atoms with E-state index >= 15 is 0 Å². The predicted molar refractivity (Wildman–Crippen MR) is 118 cm³/mol. The van der Waals surface area contributed by atoms with E-state index in [1.807, 2.05) is 30.2 Å². The Bertz CT molecular complexity index is 656. The topological polar surface area (TPSA) is 45.5 Å². The molecule has 1 N–H and O–H groups in total. The van der Waals surface area contributed by atoms with Crippen LogP contribution in [-0.4, -0.2) is 47.3 Å². The molecule has 2 aromatic rings. The number of nitrogens with one attached hydrogen (secondary N) is 1. The number of piperidine rings is 1. The number of aliphatic imine (C=N–C) groups is 1. The Labute approximate surface area is 173 Å². The zero-order chi connectivity index (χ0) is 17.5. The fraction of sp³-hybridized carbons (Fsp3) is 0.500. The Hall–Kier alpha value is -1.57. The van der Waals surface area contributed by atoms with Gasteiger partial charge >= 0.3 is 0 Å². The van der Waals surface area contributed by atoms with E-state index in [1.165, 1.54) is 12.0 Å². The van der Waals surface area contributed by atoms with E-state index < -0.39 is 0 Å².